The lowest BCUT2D eigenvalue weighted by atomic mass is 10.0. The van der Waals surface area contributed by atoms with Crippen molar-refractivity contribution in [1.82, 2.24) is 0 Å². The normalized spacial score (nSPS) is 11.2. The van der Waals surface area contributed by atoms with Gasteiger partial charge in [-0.05, 0) is 45.0 Å². The third kappa shape index (κ3) is 3.31. The zero-order chi connectivity index (χ0) is 15.5. The van der Waals surface area contributed by atoms with Crippen molar-refractivity contribution >= 4 is 11.6 Å². The molecule has 3 nitrogen and oxygen atoms in total. The van der Waals surface area contributed by atoms with Crippen molar-refractivity contribution < 1.29 is 9.90 Å². The number of amides is 1. The van der Waals surface area contributed by atoms with Crippen molar-refractivity contribution in [1.29, 1.82) is 0 Å². The van der Waals surface area contributed by atoms with E-state index in [0.717, 1.165) is 11.3 Å². The molecule has 1 N–H and O–H groups in total. The Kier molecular flexibility index (Phi) is 4.43. The van der Waals surface area contributed by atoms with Crippen LogP contribution in [0.3, 0.4) is 0 Å². The number of hydrogen-bond acceptors (Lipinski definition) is 2. The van der Waals surface area contributed by atoms with Gasteiger partial charge in [0, 0.05) is 11.3 Å². The van der Waals surface area contributed by atoms with Crippen molar-refractivity contribution in [2.75, 3.05) is 11.5 Å². The van der Waals surface area contributed by atoms with Gasteiger partial charge in [-0.15, -0.1) is 0 Å². The van der Waals surface area contributed by atoms with Crippen LogP contribution in [0.25, 0.3) is 0 Å². The minimum atomic E-state index is -0.678. The molecule has 21 heavy (non-hydrogen) atoms. The molecule has 0 radical (unpaired) electrons. The van der Waals surface area contributed by atoms with Gasteiger partial charge in [0.05, 0.1) is 12.1 Å². The first kappa shape index (κ1) is 15.3. The molecule has 0 aromatic heterocycles. The van der Waals surface area contributed by atoms with Crippen molar-refractivity contribution in [2.45, 2.75) is 26.3 Å². The molecule has 110 valence electrons. The highest BCUT2D eigenvalue weighted by atomic mass is 16.3. The van der Waals surface area contributed by atoms with E-state index in [9.17, 15) is 9.90 Å². The van der Waals surface area contributed by atoms with E-state index in [1.165, 1.54) is 0 Å². The third-order valence-corrected chi connectivity index (χ3v) is 3.51. The van der Waals surface area contributed by atoms with Crippen molar-refractivity contribution in [2.24, 2.45) is 0 Å². The minimum Gasteiger partial charge on any atom is -0.394 e. The van der Waals surface area contributed by atoms with E-state index in [4.69, 9.17) is 0 Å². The molecule has 0 heterocycles. The number of rotatable bonds is 4. The molecule has 3 heteroatoms. The van der Waals surface area contributed by atoms with E-state index < -0.39 is 5.54 Å². The summed E-state index contributed by atoms with van der Waals surface area (Å²) in [4.78, 5) is 14.5. The Labute approximate surface area is 125 Å². The number of anilines is 1. The SMILES string of the molecule is Cc1ccc(N(C(=O)c2ccccc2)C(C)(C)CO)cc1. The molecule has 2 rings (SSSR count). The second-order valence-electron chi connectivity index (χ2n) is 5.81. The van der Waals surface area contributed by atoms with Crippen LogP contribution in [0.2, 0.25) is 0 Å². The number of carbonyl (C=O) groups is 1. The average Bonchev–Trinajstić information content (AvgIpc) is 2.50. The standard InChI is InChI=1S/C18H21NO2/c1-14-9-11-16(12-10-14)19(18(2,3)13-20)17(21)15-7-5-4-6-8-15/h4-12,20H,13H2,1-3H3. The molecule has 0 atom stereocenters. The van der Waals surface area contributed by atoms with Gasteiger partial charge in [0.25, 0.3) is 5.91 Å². The lowest BCUT2D eigenvalue weighted by Crippen LogP contribution is -2.50. The molecule has 0 aliphatic heterocycles. The van der Waals surface area contributed by atoms with Crippen molar-refractivity contribution in [3.63, 3.8) is 0 Å². The number of carbonyl (C=O) groups excluding carboxylic acids is 1. The van der Waals surface area contributed by atoms with E-state index in [0.29, 0.717) is 5.56 Å². The Morgan fingerprint density at radius 2 is 1.62 bits per heavy atom. The van der Waals surface area contributed by atoms with Gasteiger partial charge in [0.1, 0.15) is 0 Å². The lowest BCUT2D eigenvalue weighted by Gasteiger charge is -2.37. The Morgan fingerprint density at radius 1 is 1.05 bits per heavy atom. The number of aryl methyl sites for hydroxylation is 1. The molecule has 1 amide bonds. The van der Waals surface area contributed by atoms with Crippen LogP contribution in [0.15, 0.2) is 54.6 Å². The van der Waals surface area contributed by atoms with Crippen LogP contribution in [-0.2, 0) is 0 Å². The highest BCUT2D eigenvalue weighted by molar-refractivity contribution is 6.07. The predicted octanol–water partition coefficient (Wildman–Crippen LogP) is 3.41. The zero-order valence-electron chi connectivity index (χ0n) is 12.7. The Hall–Kier alpha value is -2.13. The van der Waals surface area contributed by atoms with Gasteiger partial charge in [0.2, 0.25) is 0 Å². The van der Waals surface area contributed by atoms with Gasteiger partial charge in [0.15, 0.2) is 0 Å². The fourth-order valence-corrected chi connectivity index (χ4v) is 2.22. The van der Waals surface area contributed by atoms with E-state index >= 15 is 0 Å². The first-order valence-electron chi connectivity index (χ1n) is 7.03. The van der Waals surface area contributed by atoms with Crippen LogP contribution in [0.4, 0.5) is 5.69 Å². The molecule has 0 saturated heterocycles. The summed E-state index contributed by atoms with van der Waals surface area (Å²) >= 11 is 0. The molecule has 0 saturated carbocycles. The van der Waals surface area contributed by atoms with Gasteiger partial charge in [-0.1, -0.05) is 35.9 Å². The van der Waals surface area contributed by atoms with E-state index in [2.05, 4.69) is 0 Å². The Bertz CT molecular complexity index is 603. The number of hydrogen-bond donors (Lipinski definition) is 1. The van der Waals surface area contributed by atoms with Crippen LogP contribution in [0.1, 0.15) is 29.8 Å². The molecule has 2 aromatic carbocycles. The van der Waals surface area contributed by atoms with Crippen LogP contribution >= 0.6 is 0 Å². The summed E-state index contributed by atoms with van der Waals surface area (Å²) in [7, 11) is 0. The smallest absolute Gasteiger partial charge is 0.258 e. The summed E-state index contributed by atoms with van der Waals surface area (Å²) in [5, 5.41) is 9.68. The van der Waals surface area contributed by atoms with Gasteiger partial charge in [-0.3, -0.25) is 4.79 Å². The second-order valence-corrected chi connectivity index (χ2v) is 5.81. The predicted molar refractivity (Wildman–Crippen MR) is 85.6 cm³/mol. The van der Waals surface area contributed by atoms with Crippen molar-refractivity contribution in [3.8, 4) is 0 Å². The van der Waals surface area contributed by atoms with Crippen LogP contribution < -0.4 is 4.90 Å². The molecular weight excluding hydrogens is 262 g/mol. The number of aliphatic hydroxyl groups excluding tert-OH is 1. The fourth-order valence-electron chi connectivity index (χ4n) is 2.22. The lowest BCUT2D eigenvalue weighted by molar-refractivity contribution is 0.0935. The largest absolute Gasteiger partial charge is 0.394 e. The number of aliphatic hydroxyl groups is 1. The van der Waals surface area contributed by atoms with Crippen LogP contribution in [-0.4, -0.2) is 23.2 Å². The van der Waals surface area contributed by atoms with Gasteiger partial charge >= 0.3 is 0 Å². The molecule has 0 spiro atoms. The molecule has 0 aliphatic carbocycles. The third-order valence-electron chi connectivity index (χ3n) is 3.51. The average molecular weight is 283 g/mol. The first-order valence-corrected chi connectivity index (χ1v) is 7.03. The van der Waals surface area contributed by atoms with E-state index in [1.54, 1.807) is 17.0 Å². The molecule has 0 aliphatic rings. The molecular formula is C18H21NO2. The van der Waals surface area contributed by atoms with E-state index in [1.807, 2.05) is 63.2 Å². The quantitative estimate of drug-likeness (QED) is 0.934. The van der Waals surface area contributed by atoms with Crippen molar-refractivity contribution in [3.05, 3.63) is 65.7 Å². The zero-order valence-corrected chi connectivity index (χ0v) is 12.7. The summed E-state index contributed by atoms with van der Waals surface area (Å²) in [6.45, 7) is 5.60. The first-order chi connectivity index (χ1) is 9.95. The summed E-state index contributed by atoms with van der Waals surface area (Å²) < 4.78 is 0. The molecule has 0 fully saturated rings. The maximum atomic E-state index is 12.9. The number of benzene rings is 2. The minimum absolute atomic E-state index is 0.112. The summed E-state index contributed by atoms with van der Waals surface area (Å²) in [6, 6.07) is 16.9. The Balaban J connectivity index is 2.47. The highest BCUT2D eigenvalue weighted by Crippen LogP contribution is 2.26. The molecule has 0 bridgehead atoms. The maximum absolute atomic E-state index is 12.9. The maximum Gasteiger partial charge on any atom is 0.258 e. The molecule has 2 aromatic rings. The second kappa shape index (κ2) is 6.10. The van der Waals surface area contributed by atoms with E-state index in [-0.39, 0.29) is 12.5 Å². The van der Waals surface area contributed by atoms with Gasteiger partial charge in [-0.25, -0.2) is 0 Å². The Morgan fingerprint density at radius 3 is 2.14 bits per heavy atom. The highest BCUT2D eigenvalue weighted by Gasteiger charge is 2.32. The fraction of sp³-hybridized carbons (Fsp3) is 0.278. The molecule has 0 unspecified atom stereocenters. The summed E-state index contributed by atoms with van der Waals surface area (Å²) in [6.07, 6.45) is 0. The number of nitrogens with zero attached hydrogens (tertiary/aromatic N) is 1. The summed E-state index contributed by atoms with van der Waals surface area (Å²) in [5.74, 6) is -0.112. The van der Waals surface area contributed by atoms with Gasteiger partial charge < -0.3 is 10.0 Å². The van der Waals surface area contributed by atoms with Crippen LogP contribution in [0, 0.1) is 6.92 Å². The topological polar surface area (TPSA) is 40.5 Å². The van der Waals surface area contributed by atoms with Gasteiger partial charge in [-0.2, -0.15) is 0 Å². The monoisotopic (exact) mass is 283 g/mol. The summed E-state index contributed by atoms with van der Waals surface area (Å²) in [5.41, 5.74) is 1.85. The van der Waals surface area contributed by atoms with Crippen LogP contribution in [0.5, 0.6) is 0 Å².